The van der Waals surface area contributed by atoms with Crippen molar-refractivity contribution in [2.45, 2.75) is 50.6 Å². The van der Waals surface area contributed by atoms with Gasteiger partial charge in [0.2, 0.25) is 11.8 Å². The van der Waals surface area contributed by atoms with E-state index in [4.69, 9.17) is 11.5 Å². The highest BCUT2D eigenvalue weighted by atomic mass is 16.2. The second-order valence-electron chi connectivity index (χ2n) is 13.6. The molecular weight excluding hydrogens is 608 g/mol. The fraction of sp³-hybridized carbons (Fsp3) is 0.341. The molecule has 0 aliphatic heterocycles. The third kappa shape index (κ3) is 9.57. The van der Waals surface area contributed by atoms with Crippen molar-refractivity contribution in [3.8, 4) is 0 Å². The Morgan fingerprint density at radius 3 is 1.86 bits per heavy atom. The molecule has 1 atom stereocenters. The standard InChI is InChI=1S/C41H50N6O2/c1-46(2)27-31-24-22-29(23-25-31)26-34-20-13-21-35(37(34)45-41(42)43)38(40(49)47(3)28-30-14-7-4-8-15-30)44-39(48)36(32-16-9-5-10-17-32)33-18-11-6-12-19-33/h4-21,29,31,36,38H,22-28H2,1-3H3,(H,44,48)(H4,42,43,45). The zero-order chi connectivity index (χ0) is 34.8. The minimum atomic E-state index is -1.04. The van der Waals surface area contributed by atoms with Crippen molar-refractivity contribution >= 4 is 23.5 Å². The Labute approximate surface area is 291 Å². The molecule has 5 N–H and O–H groups in total. The molecule has 5 rings (SSSR count). The summed E-state index contributed by atoms with van der Waals surface area (Å²) in [7, 11) is 6.03. The highest BCUT2D eigenvalue weighted by Gasteiger charge is 2.33. The van der Waals surface area contributed by atoms with E-state index in [-0.39, 0.29) is 17.8 Å². The summed E-state index contributed by atoms with van der Waals surface area (Å²) in [6.07, 6.45) is 5.40. The maximum atomic E-state index is 14.5. The number of nitrogens with two attached hydrogens (primary N) is 2. The van der Waals surface area contributed by atoms with E-state index in [1.807, 2.05) is 109 Å². The molecule has 0 aromatic heterocycles. The lowest BCUT2D eigenvalue weighted by molar-refractivity contribution is -0.136. The normalized spacial score (nSPS) is 16.6. The molecule has 49 heavy (non-hydrogen) atoms. The first kappa shape index (κ1) is 35.4. The molecule has 1 saturated carbocycles. The number of rotatable bonds is 13. The van der Waals surface area contributed by atoms with Crippen LogP contribution in [0.15, 0.2) is 114 Å². The van der Waals surface area contributed by atoms with Crippen LogP contribution in [0.2, 0.25) is 0 Å². The number of aliphatic imine (C=N–C) groups is 1. The third-order valence-corrected chi connectivity index (χ3v) is 9.50. The van der Waals surface area contributed by atoms with Gasteiger partial charge >= 0.3 is 0 Å². The summed E-state index contributed by atoms with van der Waals surface area (Å²) < 4.78 is 0. The van der Waals surface area contributed by atoms with Gasteiger partial charge in [-0.25, -0.2) is 4.99 Å². The van der Waals surface area contributed by atoms with Crippen LogP contribution in [0.25, 0.3) is 0 Å². The van der Waals surface area contributed by atoms with Crippen LogP contribution >= 0.6 is 0 Å². The Bertz CT molecular complexity index is 1640. The van der Waals surface area contributed by atoms with E-state index >= 15 is 0 Å². The van der Waals surface area contributed by atoms with Gasteiger partial charge in [0, 0.05) is 25.7 Å². The van der Waals surface area contributed by atoms with Crippen LogP contribution in [0.3, 0.4) is 0 Å². The maximum Gasteiger partial charge on any atom is 0.249 e. The van der Waals surface area contributed by atoms with Gasteiger partial charge in [0.15, 0.2) is 5.96 Å². The molecule has 1 unspecified atom stereocenters. The zero-order valence-corrected chi connectivity index (χ0v) is 29.0. The van der Waals surface area contributed by atoms with E-state index in [2.05, 4.69) is 29.3 Å². The molecule has 8 nitrogen and oxygen atoms in total. The van der Waals surface area contributed by atoms with E-state index in [1.54, 1.807) is 11.9 Å². The molecular formula is C41H50N6O2. The Balaban J connectivity index is 1.52. The van der Waals surface area contributed by atoms with Crippen molar-refractivity contribution in [3.63, 3.8) is 0 Å². The highest BCUT2D eigenvalue weighted by Crippen LogP contribution is 2.37. The number of hydrogen-bond acceptors (Lipinski definition) is 4. The van der Waals surface area contributed by atoms with Gasteiger partial charge in [-0.15, -0.1) is 0 Å². The lowest BCUT2D eigenvalue weighted by Gasteiger charge is -2.31. The van der Waals surface area contributed by atoms with E-state index in [1.165, 1.54) is 12.8 Å². The summed E-state index contributed by atoms with van der Waals surface area (Å²) in [6, 6.07) is 33.9. The van der Waals surface area contributed by atoms with Crippen LogP contribution < -0.4 is 16.8 Å². The van der Waals surface area contributed by atoms with Crippen LogP contribution in [0.4, 0.5) is 5.69 Å². The molecule has 1 aliphatic carbocycles. The number of carbonyl (C=O) groups excluding carboxylic acids is 2. The molecule has 2 amide bonds. The Morgan fingerprint density at radius 2 is 1.31 bits per heavy atom. The number of benzene rings is 4. The predicted octanol–water partition coefficient (Wildman–Crippen LogP) is 6.15. The predicted molar refractivity (Wildman–Crippen MR) is 198 cm³/mol. The summed E-state index contributed by atoms with van der Waals surface area (Å²) in [6.45, 7) is 1.48. The fourth-order valence-electron chi connectivity index (χ4n) is 7.16. The smallest absolute Gasteiger partial charge is 0.249 e. The quantitative estimate of drug-likeness (QED) is 0.118. The molecule has 0 radical (unpaired) electrons. The Kier molecular flexibility index (Phi) is 12.2. The summed E-state index contributed by atoms with van der Waals surface area (Å²) in [5, 5.41) is 3.18. The van der Waals surface area contributed by atoms with Crippen molar-refractivity contribution < 1.29 is 9.59 Å². The second kappa shape index (κ2) is 16.9. The van der Waals surface area contributed by atoms with Gasteiger partial charge in [0.1, 0.15) is 6.04 Å². The average molecular weight is 659 g/mol. The third-order valence-electron chi connectivity index (χ3n) is 9.50. The molecule has 0 saturated heterocycles. The molecule has 4 aromatic carbocycles. The lowest BCUT2D eigenvalue weighted by Crippen LogP contribution is -2.43. The number of likely N-dealkylation sites (N-methyl/N-ethyl adjacent to an activating group) is 1. The van der Waals surface area contributed by atoms with Gasteiger partial charge in [-0.2, -0.15) is 0 Å². The Morgan fingerprint density at radius 1 is 0.755 bits per heavy atom. The van der Waals surface area contributed by atoms with Gasteiger partial charge < -0.3 is 26.6 Å². The largest absolute Gasteiger partial charge is 0.370 e. The molecule has 8 heteroatoms. The van der Waals surface area contributed by atoms with Crippen LogP contribution in [0, 0.1) is 11.8 Å². The average Bonchev–Trinajstić information content (AvgIpc) is 3.09. The van der Waals surface area contributed by atoms with Crippen molar-refractivity contribution in [3.05, 3.63) is 137 Å². The minimum absolute atomic E-state index is 0.0926. The molecule has 256 valence electrons. The zero-order valence-electron chi connectivity index (χ0n) is 29.0. The van der Waals surface area contributed by atoms with Crippen LogP contribution in [-0.2, 0) is 22.6 Å². The van der Waals surface area contributed by atoms with Gasteiger partial charge in [-0.1, -0.05) is 109 Å². The number of nitrogens with zero attached hydrogens (tertiary/aromatic N) is 3. The van der Waals surface area contributed by atoms with Gasteiger partial charge in [-0.3, -0.25) is 9.59 Å². The SMILES string of the molecule is CN(C)CC1CCC(Cc2cccc(C(NC(=O)C(c3ccccc3)c3ccccc3)C(=O)N(C)Cc3ccccc3)c2N=C(N)N)CC1. The fourth-order valence-corrected chi connectivity index (χ4v) is 7.16. The van der Waals surface area contributed by atoms with Crippen LogP contribution in [0.5, 0.6) is 0 Å². The number of guanidine groups is 1. The molecule has 0 bridgehead atoms. The topological polar surface area (TPSA) is 117 Å². The summed E-state index contributed by atoms with van der Waals surface area (Å²) >= 11 is 0. The number of carbonyl (C=O) groups is 2. The van der Waals surface area contributed by atoms with E-state index < -0.39 is 12.0 Å². The first-order valence-corrected chi connectivity index (χ1v) is 17.2. The van der Waals surface area contributed by atoms with Gasteiger partial charge in [0.05, 0.1) is 11.6 Å². The minimum Gasteiger partial charge on any atom is -0.370 e. The molecule has 1 aliphatic rings. The molecule has 0 spiro atoms. The van der Waals surface area contributed by atoms with Gasteiger partial charge in [0.25, 0.3) is 0 Å². The van der Waals surface area contributed by atoms with Crippen molar-refractivity contribution in [1.29, 1.82) is 0 Å². The number of amides is 2. The monoisotopic (exact) mass is 658 g/mol. The van der Waals surface area contributed by atoms with Gasteiger partial charge in [-0.05, 0) is 80.3 Å². The molecule has 0 heterocycles. The number of nitrogens with one attached hydrogen (secondary N) is 1. The number of hydrogen-bond donors (Lipinski definition) is 3. The first-order valence-electron chi connectivity index (χ1n) is 17.2. The van der Waals surface area contributed by atoms with Crippen molar-refractivity contribution in [2.24, 2.45) is 28.3 Å². The summed E-state index contributed by atoms with van der Waals surface area (Å²) in [5.74, 6) is -0.0928. The van der Waals surface area contributed by atoms with Crippen LogP contribution in [-0.4, -0.2) is 55.3 Å². The second-order valence-corrected chi connectivity index (χ2v) is 13.6. The number of para-hydroxylation sites is 1. The lowest BCUT2D eigenvalue weighted by atomic mass is 9.78. The van der Waals surface area contributed by atoms with Crippen molar-refractivity contribution in [2.75, 3.05) is 27.7 Å². The maximum absolute atomic E-state index is 14.5. The Hall–Kier alpha value is -4.95. The van der Waals surface area contributed by atoms with Crippen molar-refractivity contribution in [1.82, 2.24) is 15.1 Å². The van der Waals surface area contributed by atoms with E-state index in [9.17, 15) is 9.59 Å². The molecule has 1 fully saturated rings. The first-order chi connectivity index (χ1) is 23.7. The molecule has 4 aromatic rings. The summed E-state index contributed by atoms with van der Waals surface area (Å²) in [5.41, 5.74) is 16.8. The summed E-state index contributed by atoms with van der Waals surface area (Å²) in [4.78, 5) is 37.6. The van der Waals surface area contributed by atoms with Crippen LogP contribution in [0.1, 0.15) is 65.5 Å². The van der Waals surface area contributed by atoms with E-state index in [0.29, 0.717) is 29.6 Å². The highest BCUT2D eigenvalue weighted by molar-refractivity contribution is 5.94. The van der Waals surface area contributed by atoms with E-state index in [0.717, 1.165) is 48.1 Å².